The van der Waals surface area contributed by atoms with Gasteiger partial charge >= 0.3 is 19.8 Å². The van der Waals surface area contributed by atoms with Crippen LogP contribution in [0, 0.1) is 0 Å². The molecule has 0 aromatic carbocycles. The summed E-state index contributed by atoms with van der Waals surface area (Å²) in [7, 11) is 1.41. The summed E-state index contributed by atoms with van der Waals surface area (Å²) in [5, 5.41) is 0. The van der Waals surface area contributed by atoms with Crippen molar-refractivity contribution in [3.63, 3.8) is 0 Å². The van der Waals surface area contributed by atoms with Gasteiger partial charge in [-0.1, -0.05) is 241 Å². The topological polar surface area (TPSA) is 108 Å². The largest absolute Gasteiger partial charge is 0.472 e. The van der Waals surface area contributed by atoms with Gasteiger partial charge in [0.2, 0.25) is 0 Å². The molecule has 1 N–H and O–H groups in total. The fourth-order valence-electron chi connectivity index (χ4n) is 7.66. The van der Waals surface area contributed by atoms with Gasteiger partial charge in [-0.25, -0.2) is 4.57 Å². The normalized spacial score (nSPS) is 14.5. The van der Waals surface area contributed by atoms with Crippen LogP contribution in [0.5, 0.6) is 0 Å². The molecule has 460 valence electrons. The van der Waals surface area contributed by atoms with Gasteiger partial charge in [-0.05, 0) is 135 Å². The fraction of sp³-hybridized carbons (Fsp3) is 0.556. The van der Waals surface area contributed by atoms with Crippen molar-refractivity contribution in [3.05, 3.63) is 182 Å². The first kappa shape index (κ1) is 77.1. The van der Waals surface area contributed by atoms with Crippen LogP contribution in [0.15, 0.2) is 182 Å². The Bertz CT molecular complexity index is 2030. The van der Waals surface area contributed by atoms with Crippen LogP contribution >= 0.6 is 7.82 Å². The molecule has 2 atom stereocenters. The second-order valence-corrected chi connectivity index (χ2v) is 22.8. The number of carbonyl (C=O) groups is 2. The van der Waals surface area contributed by atoms with E-state index >= 15 is 0 Å². The second-order valence-electron chi connectivity index (χ2n) is 21.3. The van der Waals surface area contributed by atoms with Gasteiger partial charge in [0.15, 0.2) is 6.10 Å². The van der Waals surface area contributed by atoms with Crippen LogP contribution in [0.4, 0.5) is 0 Å². The van der Waals surface area contributed by atoms with Crippen molar-refractivity contribution < 1.29 is 42.1 Å². The maximum Gasteiger partial charge on any atom is 0.472 e. The third-order valence-corrected chi connectivity index (χ3v) is 13.4. The molecule has 0 aromatic rings. The van der Waals surface area contributed by atoms with Crippen molar-refractivity contribution in [2.45, 2.75) is 213 Å². The molecule has 0 bridgehead atoms. The first-order valence-corrected chi connectivity index (χ1v) is 33.0. The minimum absolute atomic E-state index is 0.0109. The van der Waals surface area contributed by atoms with Crippen molar-refractivity contribution >= 4 is 19.8 Å². The van der Waals surface area contributed by atoms with E-state index in [2.05, 4.69) is 196 Å². The zero-order chi connectivity index (χ0) is 59.8. The number of carbonyl (C=O) groups excluding carboxylic acids is 2. The van der Waals surface area contributed by atoms with E-state index < -0.39 is 32.5 Å². The molecule has 0 aromatic heterocycles. The molecule has 0 rings (SSSR count). The fourth-order valence-corrected chi connectivity index (χ4v) is 8.40. The molecule has 0 spiro atoms. The Balaban J connectivity index is 4.30. The monoisotopic (exact) mass is 1150 g/mol. The zero-order valence-corrected chi connectivity index (χ0v) is 53.0. The molecule has 0 saturated carbocycles. The first-order valence-electron chi connectivity index (χ1n) is 31.5. The summed E-state index contributed by atoms with van der Waals surface area (Å²) >= 11 is 0. The Morgan fingerprint density at radius 3 is 1.00 bits per heavy atom. The summed E-state index contributed by atoms with van der Waals surface area (Å²) in [6.45, 7) is 4.12. The molecular formula is C72H115NO8P+. The SMILES string of the molecule is CC/C=C\C/C=C\C/C=C\C/C=C\C/C=C\C/C=C\C/C=C\C/C=C\C/C=C\C/C=C\CCCCC(=O)OC(COC(=O)CCCCCCCCCCC/C=C\C/C=C\C/C=C\C/C=C\C/C=C\CC)COP(=O)(O)OCC[N+](C)(C)C. The maximum atomic E-state index is 12.8. The van der Waals surface area contributed by atoms with Gasteiger partial charge in [-0.2, -0.15) is 0 Å². The van der Waals surface area contributed by atoms with E-state index in [0.29, 0.717) is 23.9 Å². The van der Waals surface area contributed by atoms with Crippen molar-refractivity contribution in [2.75, 3.05) is 47.5 Å². The van der Waals surface area contributed by atoms with Crippen molar-refractivity contribution in [3.8, 4) is 0 Å². The molecule has 9 nitrogen and oxygen atoms in total. The Kier molecular flexibility index (Phi) is 57.1. The molecule has 0 amide bonds. The van der Waals surface area contributed by atoms with Crippen LogP contribution in [-0.4, -0.2) is 74.9 Å². The Labute approximate surface area is 501 Å². The standard InChI is InChI=1S/C72H114NO8P/c1-6-8-10-12-14-16-18-20-22-24-26-28-30-32-33-34-35-36-37-38-39-41-43-45-47-49-51-53-55-57-59-61-63-65-72(75)81-70(69-80-82(76,77)79-67-66-73(3,4)5)68-78-71(74)64-62-60-58-56-54-52-50-48-46-44-42-40-31-29-27-25-23-21-19-17-15-13-11-9-7-2/h8-11,14-17,20-23,26-29,32-33,35-36,38-40,42-43,45,49,51,55,57,70H,6-7,12-13,18-19,24-25,30-31,34,37,41,44,46-48,50,52-54,56,58-69H2,1-5H3/p+1/b10-8-,11-9-,16-14-,17-15-,22-20-,23-21-,28-26-,29-27-,33-32-,36-35-,39-38-,42-40-,45-43-,51-49-,57-55-. The number of esters is 2. The van der Waals surface area contributed by atoms with Crippen molar-refractivity contribution in [2.24, 2.45) is 0 Å². The number of phosphoric acid groups is 1. The molecule has 0 aliphatic heterocycles. The number of unbranched alkanes of at least 4 members (excludes halogenated alkanes) is 11. The predicted octanol–water partition coefficient (Wildman–Crippen LogP) is 20.4. The lowest BCUT2D eigenvalue weighted by Gasteiger charge is -2.24. The summed E-state index contributed by atoms with van der Waals surface area (Å²) in [4.78, 5) is 35.8. The Morgan fingerprint density at radius 1 is 0.378 bits per heavy atom. The lowest BCUT2D eigenvalue weighted by atomic mass is 10.1. The molecule has 0 fully saturated rings. The van der Waals surface area contributed by atoms with E-state index in [4.69, 9.17) is 18.5 Å². The van der Waals surface area contributed by atoms with Crippen LogP contribution in [0.25, 0.3) is 0 Å². The lowest BCUT2D eigenvalue weighted by Crippen LogP contribution is -2.37. The van der Waals surface area contributed by atoms with Crippen LogP contribution in [0.3, 0.4) is 0 Å². The number of hydrogen-bond donors (Lipinski definition) is 1. The van der Waals surface area contributed by atoms with E-state index in [-0.39, 0.29) is 26.1 Å². The highest BCUT2D eigenvalue weighted by molar-refractivity contribution is 7.47. The van der Waals surface area contributed by atoms with Gasteiger partial charge in [-0.3, -0.25) is 18.6 Å². The first-order chi connectivity index (χ1) is 40.0. The summed E-state index contributed by atoms with van der Waals surface area (Å²) in [5.74, 6) is -0.872. The van der Waals surface area contributed by atoms with Crippen LogP contribution < -0.4 is 0 Å². The number of phosphoric ester groups is 1. The maximum absolute atomic E-state index is 12.8. The molecule has 0 saturated heterocycles. The summed E-state index contributed by atoms with van der Waals surface area (Å²) in [5.41, 5.74) is 0. The number of allylic oxidation sites excluding steroid dienone is 30. The van der Waals surface area contributed by atoms with E-state index in [1.165, 1.54) is 32.1 Å². The van der Waals surface area contributed by atoms with Crippen molar-refractivity contribution in [1.82, 2.24) is 0 Å². The molecule has 0 aliphatic rings. The number of nitrogens with zero attached hydrogens (tertiary/aromatic N) is 1. The second kappa shape index (κ2) is 60.7. The molecule has 2 unspecified atom stereocenters. The summed E-state index contributed by atoms with van der Waals surface area (Å²) < 4.78 is 34.6. The van der Waals surface area contributed by atoms with E-state index in [9.17, 15) is 19.0 Å². The van der Waals surface area contributed by atoms with E-state index in [1.54, 1.807) is 0 Å². The predicted molar refractivity (Wildman–Crippen MR) is 352 cm³/mol. The van der Waals surface area contributed by atoms with Gasteiger partial charge in [-0.15, -0.1) is 0 Å². The van der Waals surface area contributed by atoms with Crippen LogP contribution in [-0.2, 0) is 32.7 Å². The molecule has 0 heterocycles. The minimum Gasteiger partial charge on any atom is -0.462 e. The average Bonchev–Trinajstić information content (AvgIpc) is 3.46. The third kappa shape index (κ3) is 64.3. The smallest absolute Gasteiger partial charge is 0.462 e. The van der Waals surface area contributed by atoms with Gasteiger partial charge in [0.05, 0.1) is 27.7 Å². The quantitative estimate of drug-likeness (QED) is 0.0211. The van der Waals surface area contributed by atoms with Crippen LogP contribution in [0.2, 0.25) is 0 Å². The molecule has 82 heavy (non-hydrogen) atoms. The van der Waals surface area contributed by atoms with Crippen molar-refractivity contribution in [1.29, 1.82) is 0 Å². The van der Waals surface area contributed by atoms with E-state index in [1.807, 2.05) is 21.1 Å². The molecule has 0 radical (unpaired) electrons. The highest BCUT2D eigenvalue weighted by atomic mass is 31.2. The minimum atomic E-state index is -4.42. The Hall–Kier alpha value is -4.89. The van der Waals surface area contributed by atoms with Gasteiger partial charge in [0, 0.05) is 12.8 Å². The molecule has 0 aliphatic carbocycles. The van der Waals surface area contributed by atoms with Gasteiger partial charge in [0.25, 0.3) is 0 Å². The van der Waals surface area contributed by atoms with E-state index in [0.717, 1.165) is 135 Å². The number of hydrogen-bond acceptors (Lipinski definition) is 7. The highest BCUT2D eigenvalue weighted by Gasteiger charge is 2.27. The van der Waals surface area contributed by atoms with Crippen LogP contribution in [0.1, 0.15) is 206 Å². The number of quaternary nitrogens is 1. The average molecular weight is 1150 g/mol. The molecule has 10 heteroatoms. The van der Waals surface area contributed by atoms with Gasteiger partial charge in [0.1, 0.15) is 19.8 Å². The number of ether oxygens (including phenoxy) is 2. The van der Waals surface area contributed by atoms with Gasteiger partial charge < -0.3 is 18.9 Å². The summed E-state index contributed by atoms with van der Waals surface area (Å²) in [6.07, 6.45) is 94.0. The molecular weight excluding hydrogens is 1040 g/mol. The summed E-state index contributed by atoms with van der Waals surface area (Å²) in [6, 6.07) is 0. The highest BCUT2D eigenvalue weighted by Crippen LogP contribution is 2.43. The lowest BCUT2D eigenvalue weighted by molar-refractivity contribution is -0.870. The number of rotatable bonds is 55. The third-order valence-electron chi connectivity index (χ3n) is 12.4. The Morgan fingerprint density at radius 2 is 0.659 bits per heavy atom. The zero-order valence-electron chi connectivity index (χ0n) is 52.1. The number of likely N-dealkylation sites (N-methyl/N-ethyl adjacent to an activating group) is 1.